The molecule has 1 rings (SSSR count). The van der Waals surface area contributed by atoms with Crippen LogP contribution in [0, 0.1) is 11.8 Å². The van der Waals surface area contributed by atoms with Crippen molar-refractivity contribution in [2.45, 2.75) is 52.1 Å². The third kappa shape index (κ3) is 3.02. The lowest BCUT2D eigenvalue weighted by atomic mass is 10.00. The molecule has 1 aliphatic rings. The van der Waals surface area contributed by atoms with Crippen molar-refractivity contribution in [3.63, 3.8) is 0 Å². The average Bonchev–Trinajstić information content (AvgIpc) is 2.10. The predicted molar refractivity (Wildman–Crippen MR) is 56.1 cm³/mol. The van der Waals surface area contributed by atoms with E-state index in [1.807, 2.05) is 6.92 Å². The Morgan fingerprint density at radius 1 is 1.31 bits per heavy atom. The second-order valence-electron chi connectivity index (χ2n) is 3.80. The van der Waals surface area contributed by atoms with Gasteiger partial charge in [0.25, 0.3) is 0 Å². The molecule has 0 spiro atoms. The van der Waals surface area contributed by atoms with Crippen molar-refractivity contribution < 1.29 is 0 Å². The van der Waals surface area contributed by atoms with Crippen LogP contribution in [0.5, 0.6) is 0 Å². The van der Waals surface area contributed by atoms with Gasteiger partial charge in [-0.15, -0.1) is 5.92 Å². The van der Waals surface area contributed by atoms with E-state index in [2.05, 4.69) is 36.1 Å². The lowest BCUT2D eigenvalue weighted by molar-refractivity contribution is 0.0521. The van der Waals surface area contributed by atoms with Crippen molar-refractivity contribution in [1.29, 1.82) is 0 Å². The molecule has 1 fully saturated rings. The molecule has 0 aromatic carbocycles. The number of nitrogens with one attached hydrogen (secondary N) is 1. The molecule has 1 saturated heterocycles. The quantitative estimate of drug-likeness (QED) is 0.652. The predicted octanol–water partition coefficient (Wildman–Crippen LogP) is 1.78. The van der Waals surface area contributed by atoms with Crippen molar-refractivity contribution in [1.82, 2.24) is 10.4 Å². The van der Waals surface area contributed by atoms with E-state index in [0.29, 0.717) is 12.1 Å². The van der Waals surface area contributed by atoms with Gasteiger partial charge in [0, 0.05) is 12.1 Å². The van der Waals surface area contributed by atoms with Gasteiger partial charge in [-0.05, 0) is 33.6 Å². The number of hydrazine groups is 1. The molecule has 13 heavy (non-hydrogen) atoms. The van der Waals surface area contributed by atoms with Crippen molar-refractivity contribution in [3.05, 3.63) is 0 Å². The summed E-state index contributed by atoms with van der Waals surface area (Å²) >= 11 is 0. The van der Waals surface area contributed by atoms with E-state index in [1.165, 1.54) is 19.3 Å². The van der Waals surface area contributed by atoms with Crippen LogP contribution in [0.2, 0.25) is 0 Å². The molecule has 0 bridgehead atoms. The summed E-state index contributed by atoms with van der Waals surface area (Å²) in [5.74, 6) is 5.93. The monoisotopic (exact) mass is 180 g/mol. The van der Waals surface area contributed by atoms with Crippen LogP contribution in [-0.2, 0) is 0 Å². The number of hydrogen-bond acceptors (Lipinski definition) is 2. The van der Waals surface area contributed by atoms with Crippen molar-refractivity contribution in [2.24, 2.45) is 0 Å². The summed E-state index contributed by atoms with van der Waals surface area (Å²) in [4.78, 5) is 0. The summed E-state index contributed by atoms with van der Waals surface area (Å²) < 4.78 is 0. The van der Waals surface area contributed by atoms with Gasteiger partial charge in [-0.1, -0.05) is 12.3 Å². The van der Waals surface area contributed by atoms with Crippen molar-refractivity contribution in [2.75, 3.05) is 6.54 Å². The Morgan fingerprint density at radius 2 is 1.92 bits per heavy atom. The van der Waals surface area contributed by atoms with Gasteiger partial charge in [0.1, 0.15) is 0 Å². The van der Waals surface area contributed by atoms with Crippen LogP contribution in [0.4, 0.5) is 0 Å². The van der Waals surface area contributed by atoms with Gasteiger partial charge in [0.05, 0.1) is 6.54 Å². The topological polar surface area (TPSA) is 15.3 Å². The molecule has 0 radical (unpaired) electrons. The lowest BCUT2D eigenvalue weighted by Gasteiger charge is -2.38. The molecule has 1 heterocycles. The fourth-order valence-electron chi connectivity index (χ4n) is 1.95. The molecule has 74 valence electrons. The molecule has 2 atom stereocenters. The molecular formula is C11H20N2. The standard InChI is InChI=1S/C11H20N2/c1-4-5-9-12-13-10(2)7-6-8-11(13)3/h10-12H,6-9H2,1-3H3. The molecule has 1 aliphatic heterocycles. The van der Waals surface area contributed by atoms with Crippen LogP contribution >= 0.6 is 0 Å². The van der Waals surface area contributed by atoms with Crippen LogP contribution < -0.4 is 5.43 Å². The minimum Gasteiger partial charge on any atom is -0.243 e. The Morgan fingerprint density at radius 3 is 2.46 bits per heavy atom. The number of nitrogens with zero attached hydrogens (tertiary/aromatic N) is 1. The Labute approximate surface area is 81.7 Å². The molecule has 0 aromatic heterocycles. The van der Waals surface area contributed by atoms with Crippen LogP contribution in [-0.4, -0.2) is 23.6 Å². The maximum absolute atomic E-state index is 3.38. The molecule has 2 unspecified atom stereocenters. The molecule has 0 aliphatic carbocycles. The van der Waals surface area contributed by atoms with Gasteiger partial charge in [0.2, 0.25) is 0 Å². The summed E-state index contributed by atoms with van der Waals surface area (Å²) in [6.45, 7) is 7.22. The zero-order chi connectivity index (χ0) is 9.68. The molecule has 0 saturated carbocycles. The third-order valence-electron chi connectivity index (χ3n) is 2.72. The maximum Gasteiger partial charge on any atom is 0.0714 e. The Hall–Kier alpha value is -0.520. The fourth-order valence-corrected chi connectivity index (χ4v) is 1.95. The minimum absolute atomic E-state index is 0.655. The largest absolute Gasteiger partial charge is 0.243 e. The van der Waals surface area contributed by atoms with E-state index in [9.17, 15) is 0 Å². The average molecular weight is 180 g/mol. The van der Waals surface area contributed by atoms with Gasteiger partial charge in [-0.2, -0.15) is 0 Å². The molecule has 1 N–H and O–H groups in total. The highest BCUT2D eigenvalue weighted by atomic mass is 15.5. The highest BCUT2D eigenvalue weighted by Gasteiger charge is 2.23. The Bertz CT molecular complexity index is 192. The van der Waals surface area contributed by atoms with Crippen molar-refractivity contribution >= 4 is 0 Å². The van der Waals surface area contributed by atoms with E-state index < -0.39 is 0 Å². The van der Waals surface area contributed by atoms with Gasteiger partial charge < -0.3 is 0 Å². The smallest absolute Gasteiger partial charge is 0.0714 e. The minimum atomic E-state index is 0.655. The van der Waals surface area contributed by atoms with Crippen LogP contribution in [0.3, 0.4) is 0 Å². The van der Waals surface area contributed by atoms with Crippen LogP contribution in [0.1, 0.15) is 40.0 Å². The van der Waals surface area contributed by atoms with E-state index in [4.69, 9.17) is 0 Å². The maximum atomic E-state index is 3.38. The van der Waals surface area contributed by atoms with Crippen LogP contribution in [0.25, 0.3) is 0 Å². The van der Waals surface area contributed by atoms with E-state index >= 15 is 0 Å². The van der Waals surface area contributed by atoms with Gasteiger partial charge in [-0.25, -0.2) is 10.4 Å². The van der Waals surface area contributed by atoms with Crippen LogP contribution in [0.15, 0.2) is 0 Å². The summed E-state index contributed by atoms with van der Waals surface area (Å²) in [7, 11) is 0. The first-order chi connectivity index (χ1) is 6.25. The number of hydrogen-bond donors (Lipinski definition) is 1. The van der Waals surface area contributed by atoms with Gasteiger partial charge in [-0.3, -0.25) is 0 Å². The molecule has 2 nitrogen and oxygen atoms in total. The zero-order valence-electron chi connectivity index (χ0n) is 8.93. The molecular weight excluding hydrogens is 160 g/mol. The Kier molecular flexibility index (Phi) is 4.27. The number of rotatable bonds is 2. The first-order valence-electron chi connectivity index (χ1n) is 5.17. The van der Waals surface area contributed by atoms with E-state index in [-0.39, 0.29) is 0 Å². The van der Waals surface area contributed by atoms with E-state index in [1.54, 1.807) is 0 Å². The lowest BCUT2D eigenvalue weighted by Crippen LogP contribution is -2.52. The second-order valence-corrected chi connectivity index (χ2v) is 3.80. The summed E-state index contributed by atoms with van der Waals surface area (Å²) in [5.41, 5.74) is 3.38. The fraction of sp³-hybridized carbons (Fsp3) is 0.818. The number of piperidine rings is 1. The molecule has 0 amide bonds. The van der Waals surface area contributed by atoms with E-state index in [0.717, 1.165) is 6.54 Å². The third-order valence-corrected chi connectivity index (χ3v) is 2.72. The summed E-state index contributed by atoms with van der Waals surface area (Å²) in [5, 5.41) is 2.36. The van der Waals surface area contributed by atoms with Gasteiger partial charge >= 0.3 is 0 Å². The highest BCUT2D eigenvalue weighted by molar-refractivity contribution is 4.97. The SMILES string of the molecule is CC#CCNN1C(C)CCCC1C. The van der Waals surface area contributed by atoms with Crippen molar-refractivity contribution in [3.8, 4) is 11.8 Å². The normalized spacial score (nSPS) is 29.5. The first kappa shape index (κ1) is 10.6. The Balaban J connectivity index is 2.37. The zero-order valence-corrected chi connectivity index (χ0v) is 8.93. The highest BCUT2D eigenvalue weighted by Crippen LogP contribution is 2.19. The summed E-state index contributed by atoms with van der Waals surface area (Å²) in [6.07, 6.45) is 3.97. The summed E-state index contributed by atoms with van der Waals surface area (Å²) in [6, 6.07) is 1.31. The molecule has 0 aromatic rings. The molecule has 2 heteroatoms. The first-order valence-corrected chi connectivity index (χ1v) is 5.17. The van der Waals surface area contributed by atoms with Gasteiger partial charge in [0.15, 0.2) is 0 Å². The second kappa shape index (κ2) is 5.26.